The zero-order chi connectivity index (χ0) is 22.8. The van der Waals surface area contributed by atoms with Crippen molar-refractivity contribution in [1.82, 2.24) is 4.57 Å². The van der Waals surface area contributed by atoms with Crippen molar-refractivity contribution in [3.63, 3.8) is 0 Å². The number of non-ortho nitro benzene ring substituents is 1. The SMILES string of the molecule is [C-]#[N+]c1cc([N+](=O)[O-])cc2c3cc(/C(C)=N/OC(C)=O)ccc3n(CCC3OCCO3)c12. The van der Waals surface area contributed by atoms with Gasteiger partial charge in [0.15, 0.2) is 6.29 Å². The minimum absolute atomic E-state index is 0.152. The Morgan fingerprint density at radius 2 is 2.03 bits per heavy atom. The van der Waals surface area contributed by atoms with E-state index >= 15 is 0 Å². The number of carbonyl (C=O) groups is 1. The van der Waals surface area contributed by atoms with Crippen LogP contribution in [0.5, 0.6) is 0 Å². The summed E-state index contributed by atoms with van der Waals surface area (Å²) < 4.78 is 13.0. The van der Waals surface area contributed by atoms with E-state index in [-0.39, 0.29) is 17.7 Å². The summed E-state index contributed by atoms with van der Waals surface area (Å²) in [5, 5.41) is 16.6. The minimum atomic E-state index is -0.532. The van der Waals surface area contributed by atoms with E-state index in [0.717, 1.165) is 10.9 Å². The molecule has 10 nitrogen and oxygen atoms in total. The van der Waals surface area contributed by atoms with Crippen LogP contribution in [0.3, 0.4) is 0 Å². The van der Waals surface area contributed by atoms with Crippen LogP contribution in [0.15, 0.2) is 35.5 Å². The second-order valence-electron chi connectivity index (χ2n) is 7.33. The maximum Gasteiger partial charge on any atom is 0.331 e. The molecule has 1 aliphatic rings. The van der Waals surface area contributed by atoms with Crippen molar-refractivity contribution in [3.8, 4) is 0 Å². The lowest BCUT2D eigenvalue weighted by molar-refractivity contribution is -0.384. The van der Waals surface area contributed by atoms with E-state index in [1.54, 1.807) is 6.92 Å². The molecule has 2 heterocycles. The lowest BCUT2D eigenvalue weighted by Crippen LogP contribution is -2.11. The Balaban J connectivity index is 1.91. The van der Waals surface area contributed by atoms with Crippen LogP contribution in [0.25, 0.3) is 26.7 Å². The number of nitro benzene ring substituents is 1. The molecule has 0 saturated carbocycles. The smallest absolute Gasteiger partial charge is 0.331 e. The van der Waals surface area contributed by atoms with Crippen LogP contribution in [-0.2, 0) is 25.7 Å². The van der Waals surface area contributed by atoms with Gasteiger partial charge in [-0.05, 0) is 24.6 Å². The zero-order valence-electron chi connectivity index (χ0n) is 17.5. The van der Waals surface area contributed by atoms with Gasteiger partial charge in [-0.15, -0.1) is 0 Å². The Morgan fingerprint density at radius 3 is 2.69 bits per heavy atom. The second kappa shape index (κ2) is 8.74. The molecule has 164 valence electrons. The van der Waals surface area contributed by atoms with Gasteiger partial charge in [-0.1, -0.05) is 11.2 Å². The van der Waals surface area contributed by atoms with Crippen LogP contribution in [0.1, 0.15) is 25.8 Å². The average Bonchev–Trinajstić information content (AvgIpc) is 3.41. The Kier molecular flexibility index (Phi) is 5.85. The van der Waals surface area contributed by atoms with Crippen LogP contribution in [0.4, 0.5) is 11.4 Å². The van der Waals surface area contributed by atoms with Crippen molar-refractivity contribution in [1.29, 1.82) is 0 Å². The number of aromatic nitrogens is 1. The number of oxime groups is 1. The van der Waals surface area contributed by atoms with Crippen molar-refractivity contribution in [2.24, 2.45) is 5.16 Å². The lowest BCUT2D eigenvalue weighted by Gasteiger charge is -2.12. The van der Waals surface area contributed by atoms with E-state index in [4.69, 9.17) is 20.9 Å². The molecular weight excluding hydrogens is 416 g/mol. The van der Waals surface area contributed by atoms with E-state index in [9.17, 15) is 14.9 Å². The van der Waals surface area contributed by atoms with Gasteiger partial charge in [-0.25, -0.2) is 9.64 Å². The molecule has 32 heavy (non-hydrogen) atoms. The summed E-state index contributed by atoms with van der Waals surface area (Å²) in [6.07, 6.45) is 0.247. The first kappa shape index (κ1) is 21.4. The molecule has 1 aromatic heterocycles. The van der Waals surface area contributed by atoms with Crippen LogP contribution in [0, 0.1) is 16.7 Å². The molecule has 0 unspecified atom stereocenters. The third-order valence-corrected chi connectivity index (χ3v) is 5.26. The predicted molar refractivity (Wildman–Crippen MR) is 117 cm³/mol. The largest absolute Gasteiger partial charge is 0.350 e. The predicted octanol–water partition coefficient (Wildman–Crippen LogP) is 4.30. The number of carbonyl (C=O) groups excluding carboxylic acids is 1. The molecule has 0 aliphatic carbocycles. The molecule has 10 heteroatoms. The molecule has 0 bridgehead atoms. The van der Waals surface area contributed by atoms with E-state index in [1.807, 2.05) is 22.8 Å². The zero-order valence-corrected chi connectivity index (χ0v) is 17.5. The van der Waals surface area contributed by atoms with Gasteiger partial charge in [0.2, 0.25) is 5.69 Å². The molecule has 1 saturated heterocycles. The van der Waals surface area contributed by atoms with Crippen molar-refractivity contribution < 1.29 is 24.0 Å². The summed E-state index contributed by atoms with van der Waals surface area (Å²) in [4.78, 5) is 30.3. The number of fused-ring (bicyclic) bond motifs is 3. The van der Waals surface area contributed by atoms with E-state index in [2.05, 4.69) is 10.0 Å². The first-order valence-corrected chi connectivity index (χ1v) is 9.96. The number of nitrogens with zero attached hydrogens (tertiary/aromatic N) is 4. The van der Waals surface area contributed by atoms with Crippen molar-refractivity contribution >= 4 is 44.9 Å². The van der Waals surface area contributed by atoms with E-state index in [0.29, 0.717) is 48.4 Å². The van der Waals surface area contributed by atoms with Gasteiger partial charge in [0.25, 0.3) is 5.69 Å². The number of rotatable bonds is 6. The standard InChI is InChI=1S/C22H20N4O6/c1-13(24-32-14(2)27)15-4-5-20-17(10-15)18-11-16(26(28)29)12-19(23-3)22(18)25(20)7-6-21-30-8-9-31-21/h4-5,10-12,21H,6-9H2,1-2H3/b24-13+. The summed E-state index contributed by atoms with van der Waals surface area (Å²) in [5.41, 5.74) is 2.65. The van der Waals surface area contributed by atoms with E-state index in [1.165, 1.54) is 19.1 Å². The minimum Gasteiger partial charge on any atom is -0.350 e. The maximum atomic E-state index is 11.5. The second-order valence-corrected chi connectivity index (χ2v) is 7.33. The summed E-state index contributed by atoms with van der Waals surface area (Å²) in [6, 6.07) is 8.30. The number of aryl methyl sites for hydroxylation is 1. The highest BCUT2D eigenvalue weighted by atomic mass is 16.7. The first-order chi connectivity index (χ1) is 15.4. The fourth-order valence-electron chi connectivity index (χ4n) is 3.84. The average molecular weight is 436 g/mol. The Bertz CT molecular complexity index is 1300. The molecule has 0 N–H and O–H groups in total. The highest BCUT2D eigenvalue weighted by molar-refractivity contribution is 6.15. The molecule has 3 aromatic rings. The topological polar surface area (TPSA) is 110 Å². The van der Waals surface area contributed by atoms with Gasteiger partial charge in [-0.3, -0.25) is 10.1 Å². The van der Waals surface area contributed by atoms with Crippen LogP contribution in [-0.4, -0.2) is 40.7 Å². The maximum absolute atomic E-state index is 11.5. The third kappa shape index (κ3) is 4.03. The molecule has 1 aliphatic heterocycles. The number of hydrogen-bond donors (Lipinski definition) is 0. The van der Waals surface area contributed by atoms with Gasteiger partial charge >= 0.3 is 5.97 Å². The summed E-state index contributed by atoms with van der Waals surface area (Å²) in [6.45, 7) is 12.2. The monoisotopic (exact) mass is 436 g/mol. The third-order valence-electron chi connectivity index (χ3n) is 5.26. The van der Waals surface area contributed by atoms with Crippen molar-refractivity contribution in [3.05, 3.63) is 57.4 Å². The Hall–Kier alpha value is -3.81. The number of nitro groups is 1. The number of ether oxygens (including phenoxy) is 2. The van der Waals surface area contributed by atoms with Crippen molar-refractivity contribution in [2.45, 2.75) is 33.1 Å². The fraction of sp³-hybridized carbons (Fsp3) is 0.318. The molecule has 4 rings (SSSR count). The Morgan fingerprint density at radius 1 is 1.28 bits per heavy atom. The van der Waals surface area contributed by atoms with Crippen LogP contribution in [0.2, 0.25) is 0 Å². The molecule has 0 radical (unpaired) electrons. The normalized spacial score (nSPS) is 14.7. The molecule has 0 spiro atoms. The highest BCUT2D eigenvalue weighted by Crippen LogP contribution is 2.39. The summed E-state index contributed by atoms with van der Waals surface area (Å²) in [7, 11) is 0. The quantitative estimate of drug-likeness (QED) is 0.187. The van der Waals surface area contributed by atoms with Gasteiger partial charge in [-0.2, -0.15) is 0 Å². The fourth-order valence-corrected chi connectivity index (χ4v) is 3.84. The molecular formula is C22H20N4O6. The molecule has 1 fully saturated rings. The van der Waals surface area contributed by atoms with Gasteiger partial charge in [0.1, 0.15) is 0 Å². The van der Waals surface area contributed by atoms with Gasteiger partial charge in [0.05, 0.1) is 35.9 Å². The first-order valence-electron chi connectivity index (χ1n) is 9.96. The van der Waals surface area contributed by atoms with Crippen LogP contribution >= 0.6 is 0 Å². The van der Waals surface area contributed by atoms with Crippen LogP contribution < -0.4 is 0 Å². The molecule has 0 atom stereocenters. The number of hydrogen-bond acceptors (Lipinski definition) is 7. The molecule has 0 amide bonds. The number of benzene rings is 2. The highest BCUT2D eigenvalue weighted by Gasteiger charge is 2.22. The lowest BCUT2D eigenvalue weighted by atomic mass is 10.1. The summed E-state index contributed by atoms with van der Waals surface area (Å²) >= 11 is 0. The van der Waals surface area contributed by atoms with Gasteiger partial charge in [0, 0.05) is 48.3 Å². The van der Waals surface area contributed by atoms with Crippen molar-refractivity contribution in [2.75, 3.05) is 13.2 Å². The Labute approximate surface area is 182 Å². The molecule has 2 aromatic carbocycles. The van der Waals surface area contributed by atoms with E-state index < -0.39 is 10.9 Å². The summed E-state index contributed by atoms with van der Waals surface area (Å²) in [5.74, 6) is -0.532. The van der Waals surface area contributed by atoms with Gasteiger partial charge < -0.3 is 18.9 Å².